The van der Waals surface area contributed by atoms with Crippen LogP contribution in [0.5, 0.6) is 0 Å². The van der Waals surface area contributed by atoms with Crippen LogP contribution in [-0.2, 0) is 0 Å². The molecule has 0 saturated heterocycles. The molecule has 4 rings (SSSR count). The molecule has 0 radical (unpaired) electrons. The van der Waals surface area contributed by atoms with Crippen LogP contribution < -0.4 is 16.0 Å². The number of carbonyl (C=O) groups is 2. The predicted octanol–water partition coefficient (Wildman–Crippen LogP) is 5.27. The minimum atomic E-state index is -0.275. The second-order valence-electron chi connectivity index (χ2n) is 7.12. The Bertz CT molecular complexity index is 1300. The first kappa shape index (κ1) is 20.6. The summed E-state index contributed by atoms with van der Waals surface area (Å²) in [6.45, 7) is 3.92. The molecular weight excluding hydrogens is 408 g/mol. The summed E-state index contributed by atoms with van der Waals surface area (Å²) >= 11 is 1.58. The molecule has 0 aliphatic heterocycles. The maximum absolute atomic E-state index is 13.3. The average molecular weight is 431 g/mol. The van der Waals surface area contributed by atoms with Crippen molar-refractivity contribution in [1.82, 2.24) is 10.3 Å². The van der Waals surface area contributed by atoms with Crippen LogP contribution in [0.3, 0.4) is 0 Å². The average Bonchev–Trinajstić information content (AvgIpc) is 3.11. The van der Waals surface area contributed by atoms with Crippen LogP contribution >= 0.6 is 11.3 Å². The van der Waals surface area contributed by atoms with Crippen molar-refractivity contribution >= 4 is 50.4 Å². The molecule has 0 bridgehead atoms. The van der Waals surface area contributed by atoms with Crippen LogP contribution in [0.25, 0.3) is 10.1 Å². The molecule has 0 saturated carbocycles. The van der Waals surface area contributed by atoms with Gasteiger partial charge in [0, 0.05) is 33.9 Å². The Labute approximate surface area is 184 Å². The lowest BCUT2D eigenvalue weighted by molar-refractivity contribution is 0.0961. The van der Waals surface area contributed by atoms with E-state index >= 15 is 0 Å². The molecule has 7 heteroatoms. The van der Waals surface area contributed by atoms with Crippen LogP contribution in [0.2, 0.25) is 0 Å². The monoisotopic (exact) mass is 430 g/mol. The largest absolute Gasteiger partial charge is 0.355 e. The number of amides is 2. The maximum atomic E-state index is 13.3. The van der Waals surface area contributed by atoms with Crippen molar-refractivity contribution in [3.63, 3.8) is 0 Å². The first-order valence-corrected chi connectivity index (χ1v) is 10.6. The Morgan fingerprint density at radius 2 is 1.68 bits per heavy atom. The van der Waals surface area contributed by atoms with Gasteiger partial charge in [0.05, 0.1) is 16.8 Å². The zero-order chi connectivity index (χ0) is 22.0. The number of thiophene rings is 1. The van der Waals surface area contributed by atoms with Gasteiger partial charge in [0.1, 0.15) is 0 Å². The quantitative estimate of drug-likeness (QED) is 0.403. The number of aryl methyl sites for hydroxylation is 2. The maximum Gasteiger partial charge on any atom is 0.257 e. The number of carbonyl (C=O) groups excluding carboxylic acids is 2. The third kappa shape index (κ3) is 4.13. The minimum absolute atomic E-state index is 0.237. The number of nitrogens with one attached hydrogen (secondary N) is 3. The normalized spacial score (nSPS) is 10.7. The molecule has 3 N–H and O–H groups in total. The molecule has 6 nitrogen and oxygen atoms in total. The molecule has 31 heavy (non-hydrogen) atoms. The number of aromatic nitrogens is 1. The Morgan fingerprint density at radius 1 is 0.935 bits per heavy atom. The van der Waals surface area contributed by atoms with E-state index in [1.54, 1.807) is 24.5 Å². The molecule has 0 spiro atoms. The summed E-state index contributed by atoms with van der Waals surface area (Å²) in [7, 11) is 1.56. The highest BCUT2D eigenvalue weighted by molar-refractivity contribution is 7.19. The van der Waals surface area contributed by atoms with E-state index in [4.69, 9.17) is 0 Å². The highest BCUT2D eigenvalue weighted by Gasteiger charge is 2.19. The zero-order valence-electron chi connectivity index (χ0n) is 17.4. The molecule has 156 valence electrons. The van der Waals surface area contributed by atoms with E-state index in [0.717, 1.165) is 26.2 Å². The van der Waals surface area contributed by atoms with E-state index in [-0.39, 0.29) is 11.8 Å². The summed E-state index contributed by atoms with van der Waals surface area (Å²) in [6.07, 6.45) is 1.49. The highest BCUT2D eigenvalue weighted by Crippen LogP contribution is 2.32. The standard InChI is InChI=1S/C24H22N4O2S/c1-14-8-4-6-10-18(14)27-22-19(12-16(13-26-22)23(29)25-3)28-24(30)21-15(2)31-20-11-7-5-9-17(20)21/h4-13H,1-3H3,(H,25,29)(H,26,27)(H,28,30). The molecule has 0 atom stereocenters. The van der Waals surface area contributed by atoms with Gasteiger partial charge in [0.25, 0.3) is 11.8 Å². The van der Waals surface area contributed by atoms with Gasteiger partial charge in [-0.1, -0.05) is 36.4 Å². The van der Waals surface area contributed by atoms with Gasteiger partial charge in [-0.2, -0.15) is 0 Å². The molecule has 2 heterocycles. The zero-order valence-corrected chi connectivity index (χ0v) is 18.3. The number of rotatable bonds is 5. The second-order valence-corrected chi connectivity index (χ2v) is 8.38. The van der Waals surface area contributed by atoms with Gasteiger partial charge in [0.15, 0.2) is 5.82 Å². The van der Waals surface area contributed by atoms with Crippen LogP contribution in [0, 0.1) is 13.8 Å². The van der Waals surface area contributed by atoms with E-state index in [1.165, 1.54) is 6.20 Å². The van der Waals surface area contributed by atoms with Gasteiger partial charge in [-0.3, -0.25) is 9.59 Å². The van der Waals surface area contributed by atoms with E-state index in [0.29, 0.717) is 22.6 Å². The summed E-state index contributed by atoms with van der Waals surface area (Å²) in [6, 6.07) is 17.3. The number of benzene rings is 2. The predicted molar refractivity (Wildman–Crippen MR) is 127 cm³/mol. The molecule has 2 aromatic heterocycles. The Hall–Kier alpha value is -3.71. The van der Waals surface area contributed by atoms with Crippen LogP contribution in [0.4, 0.5) is 17.2 Å². The number of fused-ring (bicyclic) bond motifs is 1. The van der Waals surface area contributed by atoms with E-state index < -0.39 is 0 Å². The van der Waals surface area contributed by atoms with E-state index in [1.807, 2.05) is 62.4 Å². The highest BCUT2D eigenvalue weighted by atomic mass is 32.1. The van der Waals surface area contributed by atoms with Gasteiger partial charge in [-0.15, -0.1) is 11.3 Å². The van der Waals surface area contributed by atoms with Crippen molar-refractivity contribution in [2.75, 3.05) is 17.7 Å². The Balaban J connectivity index is 1.74. The molecule has 4 aromatic rings. The topological polar surface area (TPSA) is 83.1 Å². The first-order chi connectivity index (χ1) is 15.0. The minimum Gasteiger partial charge on any atom is -0.355 e. The van der Waals surface area contributed by atoms with Crippen LogP contribution in [0.1, 0.15) is 31.2 Å². The molecule has 2 aromatic carbocycles. The van der Waals surface area contributed by atoms with Crippen LogP contribution in [-0.4, -0.2) is 23.8 Å². The number of hydrogen-bond acceptors (Lipinski definition) is 5. The number of nitrogens with zero attached hydrogens (tertiary/aromatic N) is 1. The molecule has 0 unspecified atom stereocenters. The van der Waals surface area contributed by atoms with Gasteiger partial charge in [0.2, 0.25) is 0 Å². The van der Waals surface area contributed by atoms with Crippen molar-refractivity contribution in [2.24, 2.45) is 0 Å². The number of pyridine rings is 1. The summed E-state index contributed by atoms with van der Waals surface area (Å²) < 4.78 is 1.06. The second kappa shape index (κ2) is 8.57. The van der Waals surface area contributed by atoms with Crippen molar-refractivity contribution in [2.45, 2.75) is 13.8 Å². The van der Waals surface area contributed by atoms with Crippen LogP contribution in [0.15, 0.2) is 60.8 Å². The third-order valence-corrected chi connectivity index (χ3v) is 6.11. The smallest absolute Gasteiger partial charge is 0.257 e. The lowest BCUT2D eigenvalue weighted by Gasteiger charge is -2.15. The fraction of sp³-hybridized carbons (Fsp3) is 0.125. The molecular formula is C24H22N4O2S. The van der Waals surface area contributed by atoms with Gasteiger partial charge >= 0.3 is 0 Å². The summed E-state index contributed by atoms with van der Waals surface area (Å²) in [5.74, 6) is -0.0475. The fourth-order valence-corrected chi connectivity index (χ4v) is 4.46. The first-order valence-electron chi connectivity index (χ1n) is 9.82. The lowest BCUT2D eigenvalue weighted by Crippen LogP contribution is -2.20. The summed E-state index contributed by atoms with van der Waals surface area (Å²) in [4.78, 5) is 30.8. The SMILES string of the molecule is CNC(=O)c1cnc(Nc2ccccc2C)c(NC(=O)c2c(C)sc3ccccc23)c1. The van der Waals surface area contributed by atoms with E-state index in [9.17, 15) is 9.59 Å². The van der Waals surface area contributed by atoms with Crippen molar-refractivity contribution in [3.05, 3.63) is 82.4 Å². The number of para-hydroxylation sites is 1. The summed E-state index contributed by atoms with van der Waals surface area (Å²) in [5, 5.41) is 9.74. The Kier molecular flexibility index (Phi) is 5.68. The van der Waals surface area contributed by atoms with Gasteiger partial charge in [-0.05, 0) is 37.6 Å². The third-order valence-electron chi connectivity index (χ3n) is 5.02. The van der Waals surface area contributed by atoms with Crippen molar-refractivity contribution in [1.29, 1.82) is 0 Å². The number of anilines is 3. The fourth-order valence-electron chi connectivity index (χ4n) is 3.40. The molecule has 2 amide bonds. The molecule has 0 aliphatic rings. The molecule has 0 aliphatic carbocycles. The van der Waals surface area contributed by atoms with E-state index in [2.05, 4.69) is 20.9 Å². The van der Waals surface area contributed by atoms with Crippen molar-refractivity contribution in [3.8, 4) is 0 Å². The summed E-state index contributed by atoms with van der Waals surface area (Å²) in [5.41, 5.74) is 3.34. The molecule has 0 fully saturated rings. The Morgan fingerprint density at radius 3 is 2.45 bits per heavy atom. The lowest BCUT2D eigenvalue weighted by atomic mass is 10.1. The van der Waals surface area contributed by atoms with Gasteiger partial charge in [-0.25, -0.2) is 4.98 Å². The number of hydrogen-bond donors (Lipinski definition) is 3. The van der Waals surface area contributed by atoms with Crippen molar-refractivity contribution < 1.29 is 9.59 Å². The van der Waals surface area contributed by atoms with Gasteiger partial charge < -0.3 is 16.0 Å².